The van der Waals surface area contributed by atoms with Crippen LogP contribution in [-0.2, 0) is 4.79 Å². The Hall–Kier alpha value is -1.62. The van der Waals surface area contributed by atoms with E-state index in [-0.39, 0.29) is 11.9 Å². The molecule has 138 valence electrons. The number of carbonyl (C=O) groups excluding carboxylic acids is 1. The maximum absolute atomic E-state index is 12.8. The molecule has 2 heterocycles. The van der Waals surface area contributed by atoms with E-state index in [0.717, 1.165) is 19.5 Å². The number of ether oxygens (including phenoxy) is 1. The summed E-state index contributed by atoms with van der Waals surface area (Å²) >= 11 is 0. The van der Waals surface area contributed by atoms with Gasteiger partial charge in [0.05, 0.1) is 5.41 Å². The third-order valence-electron chi connectivity index (χ3n) is 5.43. The van der Waals surface area contributed by atoms with Crippen molar-refractivity contribution >= 4 is 5.91 Å². The van der Waals surface area contributed by atoms with E-state index >= 15 is 0 Å². The zero-order chi connectivity index (χ0) is 18.0. The Labute approximate surface area is 151 Å². The van der Waals surface area contributed by atoms with Crippen molar-refractivity contribution < 1.29 is 9.53 Å². The van der Waals surface area contributed by atoms with Crippen molar-refractivity contribution in [2.45, 2.75) is 52.0 Å². The van der Waals surface area contributed by atoms with Gasteiger partial charge in [0.2, 0.25) is 11.8 Å². The number of pyridine rings is 1. The zero-order valence-corrected chi connectivity index (χ0v) is 15.9. The second-order valence-electron chi connectivity index (χ2n) is 8.45. The molecule has 1 saturated heterocycles. The van der Waals surface area contributed by atoms with Crippen molar-refractivity contribution in [2.75, 3.05) is 26.7 Å². The first kappa shape index (κ1) is 18.2. The monoisotopic (exact) mass is 345 g/mol. The smallest absolute Gasteiger partial charge is 0.229 e. The minimum atomic E-state index is -0.582. The normalized spacial score (nSPS) is 24.8. The number of carbonyl (C=O) groups is 1. The Morgan fingerprint density at radius 3 is 2.84 bits per heavy atom. The highest BCUT2D eigenvalue weighted by Crippen LogP contribution is 2.43. The number of nitrogens with zero attached hydrogens (tertiary/aromatic N) is 2. The molecule has 0 radical (unpaired) electrons. The number of hydrogen-bond acceptors (Lipinski definition) is 4. The number of nitrogens with one attached hydrogen (secondary N) is 1. The van der Waals surface area contributed by atoms with Gasteiger partial charge in [-0.15, -0.1) is 0 Å². The van der Waals surface area contributed by atoms with Crippen molar-refractivity contribution in [1.29, 1.82) is 0 Å². The molecule has 3 rings (SSSR count). The summed E-state index contributed by atoms with van der Waals surface area (Å²) < 4.78 is 5.98. The summed E-state index contributed by atoms with van der Waals surface area (Å²) in [6.07, 6.45) is 5.18. The Bertz CT molecular complexity index is 613. The molecule has 2 fully saturated rings. The highest BCUT2D eigenvalue weighted by atomic mass is 16.5. The Balaban J connectivity index is 1.57. The fraction of sp³-hybridized carbons (Fsp3) is 0.700. The van der Waals surface area contributed by atoms with Crippen LogP contribution >= 0.6 is 0 Å². The molecule has 5 heteroatoms. The molecule has 1 amide bonds. The number of rotatable bonds is 6. The van der Waals surface area contributed by atoms with Crippen LogP contribution in [0.1, 0.15) is 51.5 Å². The number of hydrogen-bond donors (Lipinski definition) is 1. The average Bonchev–Trinajstić information content (AvgIpc) is 3.40. The van der Waals surface area contributed by atoms with Gasteiger partial charge in [-0.3, -0.25) is 4.79 Å². The summed E-state index contributed by atoms with van der Waals surface area (Å²) in [5, 5.41) is 3.25. The molecule has 1 N–H and O–H groups in total. The third-order valence-corrected chi connectivity index (χ3v) is 5.43. The zero-order valence-electron chi connectivity index (χ0n) is 15.9. The quantitative estimate of drug-likeness (QED) is 0.861. The summed E-state index contributed by atoms with van der Waals surface area (Å²) in [5.74, 6) is 1.81. The van der Waals surface area contributed by atoms with Gasteiger partial charge in [-0.05, 0) is 64.6 Å². The maximum Gasteiger partial charge on any atom is 0.229 e. The van der Waals surface area contributed by atoms with Gasteiger partial charge in [-0.25, -0.2) is 4.98 Å². The predicted molar refractivity (Wildman–Crippen MR) is 98.7 cm³/mol. The van der Waals surface area contributed by atoms with Crippen molar-refractivity contribution in [2.24, 2.45) is 11.3 Å². The number of amides is 1. The molecule has 0 aromatic carbocycles. The fourth-order valence-electron chi connectivity index (χ4n) is 3.48. The second-order valence-corrected chi connectivity index (χ2v) is 8.45. The number of aromatic nitrogens is 1. The molecule has 0 spiro atoms. The van der Waals surface area contributed by atoms with E-state index in [0.29, 0.717) is 24.3 Å². The van der Waals surface area contributed by atoms with E-state index in [9.17, 15) is 4.79 Å². The largest absolute Gasteiger partial charge is 0.476 e. The van der Waals surface area contributed by atoms with E-state index in [4.69, 9.17) is 4.74 Å². The predicted octanol–water partition coefficient (Wildman–Crippen LogP) is 2.82. The molecule has 2 atom stereocenters. The standard InChI is InChI=1S/C20H31N3O2/c1-14-12-23(4)11-9-17(14)22-19(24)20(2,3)13-25-18-16(15-7-8-15)6-5-10-21-18/h5-6,10,14-15,17H,7-9,11-13H2,1-4H3,(H,22,24)/t14-,17+/m0/s1. The fourth-order valence-corrected chi connectivity index (χ4v) is 3.48. The van der Waals surface area contributed by atoms with Crippen LogP contribution in [0.25, 0.3) is 0 Å². The molecule has 1 aromatic rings. The van der Waals surface area contributed by atoms with Crippen molar-refractivity contribution in [1.82, 2.24) is 15.2 Å². The van der Waals surface area contributed by atoms with E-state index in [1.54, 1.807) is 6.20 Å². The second kappa shape index (κ2) is 7.32. The molecule has 1 aliphatic carbocycles. The average molecular weight is 345 g/mol. The molecule has 0 unspecified atom stereocenters. The number of likely N-dealkylation sites (tertiary alicyclic amines) is 1. The van der Waals surface area contributed by atoms with Crippen LogP contribution in [0.2, 0.25) is 0 Å². The van der Waals surface area contributed by atoms with Gasteiger partial charge in [0.15, 0.2) is 0 Å². The SMILES string of the molecule is C[C@H]1CN(C)CC[C@H]1NC(=O)C(C)(C)COc1ncccc1C1CC1. The van der Waals surface area contributed by atoms with Gasteiger partial charge in [0.25, 0.3) is 0 Å². The molecule has 1 saturated carbocycles. The summed E-state index contributed by atoms with van der Waals surface area (Å²) in [6, 6.07) is 4.30. The van der Waals surface area contributed by atoms with E-state index < -0.39 is 5.41 Å². The van der Waals surface area contributed by atoms with Crippen LogP contribution in [-0.4, -0.2) is 48.6 Å². The molecule has 0 bridgehead atoms. The molecular weight excluding hydrogens is 314 g/mol. The Morgan fingerprint density at radius 2 is 2.16 bits per heavy atom. The van der Waals surface area contributed by atoms with Gasteiger partial charge in [0.1, 0.15) is 6.61 Å². The van der Waals surface area contributed by atoms with Gasteiger partial charge >= 0.3 is 0 Å². The van der Waals surface area contributed by atoms with E-state index in [1.165, 1.54) is 18.4 Å². The van der Waals surface area contributed by atoms with Gasteiger partial charge in [-0.1, -0.05) is 13.0 Å². The summed E-state index contributed by atoms with van der Waals surface area (Å²) in [5.41, 5.74) is 0.601. The van der Waals surface area contributed by atoms with Crippen LogP contribution < -0.4 is 10.1 Å². The molecular formula is C20H31N3O2. The first-order chi connectivity index (χ1) is 11.9. The van der Waals surface area contributed by atoms with Crippen LogP contribution in [0.4, 0.5) is 0 Å². The highest BCUT2D eigenvalue weighted by Gasteiger charge is 2.34. The lowest BCUT2D eigenvalue weighted by Gasteiger charge is -2.37. The minimum Gasteiger partial charge on any atom is -0.476 e. The first-order valence-electron chi connectivity index (χ1n) is 9.44. The van der Waals surface area contributed by atoms with E-state index in [2.05, 4.69) is 35.2 Å². The Kier molecular flexibility index (Phi) is 5.32. The molecule has 1 aliphatic heterocycles. The summed E-state index contributed by atoms with van der Waals surface area (Å²) in [6.45, 7) is 8.51. The lowest BCUT2D eigenvalue weighted by Crippen LogP contribution is -2.52. The van der Waals surface area contributed by atoms with Crippen molar-refractivity contribution in [3.8, 4) is 5.88 Å². The topological polar surface area (TPSA) is 54.5 Å². The lowest BCUT2D eigenvalue weighted by molar-refractivity contribution is -0.132. The molecule has 25 heavy (non-hydrogen) atoms. The Morgan fingerprint density at radius 1 is 1.40 bits per heavy atom. The molecule has 1 aromatic heterocycles. The van der Waals surface area contributed by atoms with Crippen LogP contribution in [0.5, 0.6) is 5.88 Å². The summed E-state index contributed by atoms with van der Waals surface area (Å²) in [7, 11) is 2.14. The number of piperidine rings is 1. The lowest BCUT2D eigenvalue weighted by atomic mass is 9.89. The third kappa shape index (κ3) is 4.51. The molecule has 5 nitrogen and oxygen atoms in total. The van der Waals surface area contributed by atoms with E-state index in [1.807, 2.05) is 19.9 Å². The minimum absolute atomic E-state index is 0.0674. The molecule has 2 aliphatic rings. The van der Waals surface area contributed by atoms with Gasteiger partial charge in [0, 0.05) is 24.3 Å². The van der Waals surface area contributed by atoms with Crippen molar-refractivity contribution in [3.05, 3.63) is 23.9 Å². The van der Waals surface area contributed by atoms with Crippen LogP contribution in [0.15, 0.2) is 18.3 Å². The highest BCUT2D eigenvalue weighted by molar-refractivity contribution is 5.82. The van der Waals surface area contributed by atoms with Gasteiger partial charge < -0.3 is 15.0 Å². The van der Waals surface area contributed by atoms with Gasteiger partial charge in [-0.2, -0.15) is 0 Å². The maximum atomic E-state index is 12.8. The first-order valence-corrected chi connectivity index (χ1v) is 9.44. The van der Waals surface area contributed by atoms with Crippen LogP contribution in [0, 0.1) is 11.3 Å². The van der Waals surface area contributed by atoms with Crippen LogP contribution in [0.3, 0.4) is 0 Å². The van der Waals surface area contributed by atoms with Crippen molar-refractivity contribution in [3.63, 3.8) is 0 Å². The summed E-state index contributed by atoms with van der Waals surface area (Å²) in [4.78, 5) is 19.5.